The number of aromatic amines is 1. The first-order valence-electron chi connectivity index (χ1n) is 5.55. The molecule has 0 bridgehead atoms. The lowest BCUT2D eigenvalue weighted by atomic mass is 10.2. The van der Waals surface area contributed by atoms with Gasteiger partial charge in [0.2, 0.25) is 0 Å². The summed E-state index contributed by atoms with van der Waals surface area (Å²) in [5.41, 5.74) is 1.72. The number of hydrogen-bond acceptors (Lipinski definition) is 2. The first-order chi connectivity index (χ1) is 8.19. The largest absolute Gasteiger partial charge is 0.307 e. The van der Waals surface area contributed by atoms with E-state index in [1.165, 1.54) is 0 Å². The Hall–Kier alpha value is -1.17. The molecule has 0 aliphatic carbocycles. The molecule has 0 aliphatic rings. The van der Waals surface area contributed by atoms with Crippen LogP contribution in [0.1, 0.15) is 19.0 Å². The van der Waals surface area contributed by atoms with Gasteiger partial charge in [-0.05, 0) is 41.1 Å². The molecule has 1 aromatic heterocycles. The van der Waals surface area contributed by atoms with E-state index in [1.807, 2.05) is 24.3 Å². The van der Waals surface area contributed by atoms with Crippen LogP contribution < -0.4 is 5.56 Å². The Morgan fingerprint density at radius 1 is 1.35 bits per heavy atom. The average molecular weight is 340 g/mol. The fourth-order valence-corrected chi connectivity index (χ4v) is 2.21. The monoisotopic (exact) mass is 340 g/mol. The van der Waals surface area contributed by atoms with Crippen LogP contribution in [0.2, 0.25) is 0 Å². The molecule has 0 amide bonds. The molecule has 3 nitrogen and oxygen atoms in total. The van der Waals surface area contributed by atoms with Gasteiger partial charge in [-0.3, -0.25) is 4.79 Å². The van der Waals surface area contributed by atoms with Crippen molar-refractivity contribution in [3.8, 4) is 11.4 Å². The second kappa shape index (κ2) is 5.44. The van der Waals surface area contributed by atoms with Gasteiger partial charge in [0, 0.05) is 20.9 Å². The average Bonchev–Trinajstić information content (AvgIpc) is 2.28. The molecule has 1 aromatic carbocycles. The molecule has 0 aliphatic heterocycles. The van der Waals surface area contributed by atoms with Gasteiger partial charge >= 0.3 is 0 Å². The highest BCUT2D eigenvalue weighted by Gasteiger charge is 2.03. The van der Waals surface area contributed by atoms with Crippen LogP contribution in [0.3, 0.4) is 0 Å². The van der Waals surface area contributed by atoms with Gasteiger partial charge in [0.05, 0.1) is 0 Å². The summed E-state index contributed by atoms with van der Waals surface area (Å²) in [6.45, 7) is 2.08. The zero-order valence-electron chi connectivity index (χ0n) is 9.53. The van der Waals surface area contributed by atoms with Gasteiger partial charge < -0.3 is 4.98 Å². The molecule has 0 unspecified atom stereocenters. The lowest BCUT2D eigenvalue weighted by Gasteiger charge is -2.04. The van der Waals surface area contributed by atoms with Gasteiger partial charge in [-0.1, -0.05) is 25.5 Å². The summed E-state index contributed by atoms with van der Waals surface area (Å²) < 4.78 is 1.13. The van der Waals surface area contributed by atoms with E-state index in [2.05, 4.69) is 39.5 Å². The molecular weight excluding hydrogens is 327 g/mol. The predicted molar refractivity (Wildman–Crippen MR) is 77.0 cm³/mol. The van der Waals surface area contributed by atoms with Crippen molar-refractivity contribution in [2.75, 3.05) is 0 Å². The number of nitrogens with zero attached hydrogens (tertiary/aromatic N) is 1. The SMILES string of the molecule is CCCc1cc(=O)[nH]c(-c2cccc(I)c2)n1. The number of hydrogen-bond donors (Lipinski definition) is 1. The zero-order chi connectivity index (χ0) is 12.3. The molecule has 1 heterocycles. The number of nitrogens with one attached hydrogen (secondary N) is 1. The van der Waals surface area contributed by atoms with Crippen molar-refractivity contribution in [3.05, 3.63) is 49.9 Å². The molecule has 1 N–H and O–H groups in total. The van der Waals surface area contributed by atoms with E-state index in [-0.39, 0.29) is 5.56 Å². The minimum Gasteiger partial charge on any atom is -0.307 e. The van der Waals surface area contributed by atoms with E-state index in [9.17, 15) is 4.79 Å². The Morgan fingerprint density at radius 3 is 2.88 bits per heavy atom. The van der Waals surface area contributed by atoms with E-state index in [1.54, 1.807) is 6.07 Å². The maximum atomic E-state index is 11.5. The van der Waals surface area contributed by atoms with Crippen molar-refractivity contribution in [2.24, 2.45) is 0 Å². The predicted octanol–water partition coefficient (Wildman–Crippen LogP) is 2.99. The quantitative estimate of drug-likeness (QED) is 0.873. The zero-order valence-corrected chi connectivity index (χ0v) is 11.7. The summed E-state index contributed by atoms with van der Waals surface area (Å²) in [5, 5.41) is 0. The van der Waals surface area contributed by atoms with Crippen LogP contribution in [-0.4, -0.2) is 9.97 Å². The van der Waals surface area contributed by atoms with Crippen LogP contribution in [0.25, 0.3) is 11.4 Å². The Kier molecular flexibility index (Phi) is 3.93. The van der Waals surface area contributed by atoms with Crippen molar-refractivity contribution in [2.45, 2.75) is 19.8 Å². The van der Waals surface area contributed by atoms with Crippen molar-refractivity contribution >= 4 is 22.6 Å². The Bertz CT molecular complexity index is 578. The summed E-state index contributed by atoms with van der Waals surface area (Å²) in [4.78, 5) is 18.8. The lowest BCUT2D eigenvalue weighted by molar-refractivity contribution is 0.870. The summed E-state index contributed by atoms with van der Waals surface area (Å²) in [5.74, 6) is 0.652. The second-order valence-electron chi connectivity index (χ2n) is 3.85. The summed E-state index contributed by atoms with van der Waals surface area (Å²) in [7, 11) is 0. The van der Waals surface area contributed by atoms with Crippen LogP contribution in [0.5, 0.6) is 0 Å². The van der Waals surface area contributed by atoms with E-state index in [0.29, 0.717) is 5.82 Å². The molecule has 2 aromatic rings. The molecular formula is C13H13IN2O. The molecule has 0 saturated heterocycles. The molecule has 0 atom stereocenters. The Balaban J connectivity index is 2.48. The number of aromatic nitrogens is 2. The van der Waals surface area contributed by atoms with E-state index >= 15 is 0 Å². The van der Waals surface area contributed by atoms with Gasteiger partial charge in [0.25, 0.3) is 5.56 Å². The van der Waals surface area contributed by atoms with Crippen molar-refractivity contribution in [3.63, 3.8) is 0 Å². The second-order valence-corrected chi connectivity index (χ2v) is 5.09. The van der Waals surface area contributed by atoms with Crippen molar-refractivity contribution < 1.29 is 0 Å². The maximum Gasteiger partial charge on any atom is 0.251 e. The summed E-state index contributed by atoms with van der Waals surface area (Å²) in [6, 6.07) is 9.51. The van der Waals surface area contributed by atoms with Crippen LogP contribution in [0, 0.1) is 3.57 Å². The molecule has 4 heteroatoms. The first-order valence-corrected chi connectivity index (χ1v) is 6.63. The molecule has 2 rings (SSSR count). The third-order valence-corrected chi connectivity index (χ3v) is 3.07. The first kappa shape index (κ1) is 12.3. The van der Waals surface area contributed by atoms with E-state index in [4.69, 9.17) is 0 Å². The molecule has 17 heavy (non-hydrogen) atoms. The lowest BCUT2D eigenvalue weighted by Crippen LogP contribution is -2.10. The minimum atomic E-state index is -0.0858. The van der Waals surface area contributed by atoms with E-state index < -0.39 is 0 Å². The van der Waals surface area contributed by atoms with Crippen molar-refractivity contribution in [1.82, 2.24) is 9.97 Å². The standard InChI is InChI=1S/C13H13IN2O/c1-2-4-11-8-12(17)16-13(15-11)9-5-3-6-10(14)7-9/h3,5-8H,2,4H2,1H3,(H,15,16,17). The fraction of sp³-hybridized carbons (Fsp3) is 0.231. The van der Waals surface area contributed by atoms with Crippen LogP contribution in [-0.2, 0) is 6.42 Å². The highest BCUT2D eigenvalue weighted by molar-refractivity contribution is 14.1. The van der Waals surface area contributed by atoms with Crippen LogP contribution >= 0.6 is 22.6 Å². The van der Waals surface area contributed by atoms with Gasteiger partial charge in [-0.15, -0.1) is 0 Å². The highest BCUT2D eigenvalue weighted by Crippen LogP contribution is 2.16. The van der Waals surface area contributed by atoms with Gasteiger partial charge in [0.15, 0.2) is 0 Å². The molecule has 0 fully saturated rings. The molecule has 0 saturated carbocycles. The van der Waals surface area contributed by atoms with Gasteiger partial charge in [0.1, 0.15) is 5.82 Å². The van der Waals surface area contributed by atoms with E-state index in [0.717, 1.165) is 27.7 Å². The minimum absolute atomic E-state index is 0.0858. The third-order valence-electron chi connectivity index (χ3n) is 2.40. The highest BCUT2D eigenvalue weighted by atomic mass is 127. The number of H-pyrrole nitrogens is 1. The van der Waals surface area contributed by atoms with Crippen molar-refractivity contribution in [1.29, 1.82) is 0 Å². The molecule has 88 valence electrons. The Labute approximate surface area is 113 Å². The number of benzene rings is 1. The van der Waals surface area contributed by atoms with Gasteiger partial charge in [-0.25, -0.2) is 4.98 Å². The normalized spacial score (nSPS) is 10.5. The smallest absolute Gasteiger partial charge is 0.251 e. The summed E-state index contributed by atoms with van der Waals surface area (Å²) in [6.07, 6.45) is 1.82. The molecule has 0 radical (unpaired) electrons. The summed E-state index contributed by atoms with van der Waals surface area (Å²) >= 11 is 2.25. The topological polar surface area (TPSA) is 45.8 Å². The number of halogens is 1. The van der Waals surface area contributed by atoms with Gasteiger partial charge in [-0.2, -0.15) is 0 Å². The maximum absolute atomic E-state index is 11.5. The Morgan fingerprint density at radius 2 is 2.18 bits per heavy atom. The van der Waals surface area contributed by atoms with Crippen LogP contribution in [0.15, 0.2) is 35.1 Å². The van der Waals surface area contributed by atoms with Crippen LogP contribution in [0.4, 0.5) is 0 Å². The third kappa shape index (κ3) is 3.15. The molecule has 0 spiro atoms. The fourth-order valence-electron chi connectivity index (χ4n) is 1.66. The number of aryl methyl sites for hydroxylation is 1. The number of rotatable bonds is 3.